The first kappa shape index (κ1) is 28.0. The number of terminal acetylenes is 1. The van der Waals surface area contributed by atoms with Gasteiger partial charge in [-0.05, 0) is 48.6 Å². The molecule has 0 radical (unpaired) electrons. The summed E-state index contributed by atoms with van der Waals surface area (Å²) in [6.45, 7) is 20.1. The molecule has 0 aliphatic carbocycles. The zero-order valence-corrected chi connectivity index (χ0v) is 19.6. The maximum atomic E-state index is 5.63. The van der Waals surface area contributed by atoms with E-state index < -0.39 is 0 Å². The average molecular weight is 379 g/mol. The van der Waals surface area contributed by atoms with E-state index in [4.69, 9.17) is 6.42 Å². The van der Waals surface area contributed by atoms with Crippen LogP contribution in [0.25, 0.3) is 0 Å². The molecule has 0 aliphatic rings. The highest BCUT2D eigenvalue weighted by atomic mass is 14.2. The molecule has 0 saturated heterocycles. The lowest BCUT2D eigenvalue weighted by molar-refractivity contribution is 0.850. The van der Waals surface area contributed by atoms with Gasteiger partial charge in [0.1, 0.15) is 0 Å². The quantitative estimate of drug-likeness (QED) is 0.368. The summed E-state index contributed by atoms with van der Waals surface area (Å²) in [5.74, 6) is 3.19. The SMILES string of the molecule is C#Cc1cc(C(C)c2ccccc2)c(CCC)cc1C.C=CC.CC.CCC. The third-order valence-electron chi connectivity index (χ3n) is 3.93. The predicted octanol–water partition coefficient (Wildman–Crippen LogP) is 8.72. The summed E-state index contributed by atoms with van der Waals surface area (Å²) in [5, 5.41) is 0. The summed E-state index contributed by atoms with van der Waals surface area (Å²) in [4.78, 5) is 0. The molecule has 0 nitrogen and oxygen atoms in total. The molecule has 0 spiro atoms. The van der Waals surface area contributed by atoms with Crippen molar-refractivity contribution in [2.45, 2.75) is 80.6 Å². The van der Waals surface area contributed by atoms with E-state index in [9.17, 15) is 0 Å². The smallest absolute Gasteiger partial charge is 0.0274 e. The molecule has 0 aromatic heterocycles. The number of hydrogen-bond donors (Lipinski definition) is 0. The Morgan fingerprint density at radius 1 is 1.07 bits per heavy atom. The van der Waals surface area contributed by atoms with E-state index in [1.807, 2.05) is 20.8 Å². The molecule has 0 aliphatic heterocycles. The van der Waals surface area contributed by atoms with Gasteiger partial charge in [-0.25, -0.2) is 0 Å². The topological polar surface area (TPSA) is 0 Å². The Hall–Kier alpha value is -2.26. The van der Waals surface area contributed by atoms with Crippen LogP contribution < -0.4 is 0 Å². The van der Waals surface area contributed by atoms with Gasteiger partial charge in [0.05, 0.1) is 0 Å². The summed E-state index contributed by atoms with van der Waals surface area (Å²) >= 11 is 0. The lowest BCUT2D eigenvalue weighted by Crippen LogP contribution is -2.03. The minimum absolute atomic E-state index is 0.380. The maximum Gasteiger partial charge on any atom is 0.0274 e. The van der Waals surface area contributed by atoms with E-state index in [-0.39, 0.29) is 0 Å². The van der Waals surface area contributed by atoms with Crippen molar-refractivity contribution in [3.05, 3.63) is 82.9 Å². The van der Waals surface area contributed by atoms with E-state index in [2.05, 4.69) is 89.6 Å². The van der Waals surface area contributed by atoms with Crippen LogP contribution in [-0.2, 0) is 6.42 Å². The highest BCUT2D eigenvalue weighted by Crippen LogP contribution is 2.29. The van der Waals surface area contributed by atoms with Gasteiger partial charge in [0, 0.05) is 11.5 Å². The molecule has 2 aromatic carbocycles. The fraction of sp³-hybridized carbons (Fsp3) is 0.429. The summed E-state index contributed by atoms with van der Waals surface area (Å²) in [6.07, 6.45) is 10.9. The number of rotatable bonds is 4. The first-order valence-corrected chi connectivity index (χ1v) is 10.7. The molecule has 0 saturated carbocycles. The van der Waals surface area contributed by atoms with Crippen LogP contribution in [0, 0.1) is 19.3 Å². The molecule has 2 rings (SSSR count). The predicted molar refractivity (Wildman–Crippen MR) is 130 cm³/mol. The van der Waals surface area contributed by atoms with Crippen LogP contribution in [0.4, 0.5) is 0 Å². The van der Waals surface area contributed by atoms with Gasteiger partial charge in [-0.15, -0.1) is 13.0 Å². The molecule has 28 heavy (non-hydrogen) atoms. The zero-order valence-electron chi connectivity index (χ0n) is 19.6. The maximum absolute atomic E-state index is 5.63. The molecule has 154 valence electrons. The lowest BCUT2D eigenvalue weighted by Gasteiger charge is -2.19. The van der Waals surface area contributed by atoms with Crippen LogP contribution in [-0.4, -0.2) is 0 Å². The van der Waals surface area contributed by atoms with Gasteiger partial charge in [-0.3, -0.25) is 0 Å². The molecular formula is C28H42. The van der Waals surface area contributed by atoms with Gasteiger partial charge < -0.3 is 0 Å². The van der Waals surface area contributed by atoms with Crippen LogP contribution in [0.1, 0.15) is 95.0 Å². The summed E-state index contributed by atoms with van der Waals surface area (Å²) in [6, 6.07) is 15.1. The second-order valence-corrected chi connectivity index (χ2v) is 6.51. The van der Waals surface area contributed by atoms with Crippen LogP contribution in [0.2, 0.25) is 0 Å². The second kappa shape index (κ2) is 18.1. The Labute approximate surface area is 176 Å². The Morgan fingerprint density at radius 2 is 1.57 bits per heavy atom. The summed E-state index contributed by atoms with van der Waals surface area (Å²) in [7, 11) is 0. The third kappa shape index (κ3) is 10.2. The normalized spacial score (nSPS) is 9.82. The first-order chi connectivity index (χ1) is 13.5. The summed E-state index contributed by atoms with van der Waals surface area (Å²) in [5.41, 5.74) is 6.37. The molecular weight excluding hydrogens is 336 g/mol. The highest BCUT2D eigenvalue weighted by Gasteiger charge is 2.14. The van der Waals surface area contributed by atoms with E-state index in [1.54, 1.807) is 6.08 Å². The largest absolute Gasteiger partial charge is 0.115 e. The number of hydrogen-bond acceptors (Lipinski definition) is 0. The van der Waals surface area contributed by atoms with Gasteiger partial charge in [0.25, 0.3) is 0 Å². The Kier molecular flexibility index (Phi) is 18.1. The van der Waals surface area contributed by atoms with Crippen molar-refractivity contribution in [1.29, 1.82) is 0 Å². The molecule has 0 heterocycles. The van der Waals surface area contributed by atoms with E-state index >= 15 is 0 Å². The third-order valence-corrected chi connectivity index (χ3v) is 3.93. The molecule has 0 bridgehead atoms. The van der Waals surface area contributed by atoms with E-state index in [0.717, 1.165) is 18.4 Å². The number of benzene rings is 2. The molecule has 0 N–H and O–H groups in total. The second-order valence-electron chi connectivity index (χ2n) is 6.51. The Morgan fingerprint density at radius 3 is 2.00 bits per heavy atom. The van der Waals surface area contributed by atoms with Gasteiger partial charge >= 0.3 is 0 Å². The average Bonchev–Trinajstić information content (AvgIpc) is 2.71. The molecule has 0 amide bonds. The minimum atomic E-state index is 0.380. The Bertz CT molecular complexity index is 671. The van der Waals surface area contributed by atoms with Crippen molar-refractivity contribution >= 4 is 0 Å². The monoisotopic (exact) mass is 378 g/mol. The minimum Gasteiger partial charge on any atom is -0.115 e. The molecule has 1 atom stereocenters. The first-order valence-electron chi connectivity index (χ1n) is 10.7. The highest BCUT2D eigenvalue weighted by molar-refractivity contribution is 5.49. The van der Waals surface area contributed by atoms with E-state index in [0.29, 0.717) is 5.92 Å². The fourth-order valence-corrected chi connectivity index (χ4v) is 2.75. The van der Waals surface area contributed by atoms with E-state index in [1.165, 1.54) is 28.7 Å². The van der Waals surface area contributed by atoms with Gasteiger partial charge in [-0.2, -0.15) is 0 Å². The van der Waals surface area contributed by atoms with Crippen molar-refractivity contribution in [3.63, 3.8) is 0 Å². The van der Waals surface area contributed by atoms with Crippen molar-refractivity contribution < 1.29 is 0 Å². The van der Waals surface area contributed by atoms with Crippen molar-refractivity contribution in [2.24, 2.45) is 0 Å². The molecule has 0 heteroatoms. The zero-order chi connectivity index (χ0) is 21.9. The van der Waals surface area contributed by atoms with Crippen molar-refractivity contribution in [1.82, 2.24) is 0 Å². The van der Waals surface area contributed by atoms with Crippen molar-refractivity contribution in [2.75, 3.05) is 0 Å². The molecule has 0 fully saturated rings. The number of allylic oxidation sites excluding steroid dienone is 1. The molecule has 2 aromatic rings. The van der Waals surface area contributed by atoms with Gasteiger partial charge in [0.15, 0.2) is 0 Å². The standard InChI is InChI=1S/C20H22.C3H8.C3H6.C2H6/c1-5-10-19-13-15(3)17(6-2)14-20(19)16(4)18-11-8-7-9-12-18;2*1-3-2;1-2/h2,7-9,11-14,16H,5,10H2,1,3-4H3;3H2,1-2H3;3H,1H2,2H3;1-2H3. The van der Waals surface area contributed by atoms with Crippen LogP contribution in [0.15, 0.2) is 55.1 Å². The van der Waals surface area contributed by atoms with Gasteiger partial charge in [0.2, 0.25) is 0 Å². The van der Waals surface area contributed by atoms with Crippen LogP contribution in [0.3, 0.4) is 0 Å². The van der Waals surface area contributed by atoms with Crippen LogP contribution >= 0.6 is 0 Å². The number of aryl methyl sites for hydroxylation is 2. The Balaban J connectivity index is 0. The molecule has 1 unspecified atom stereocenters. The lowest BCUT2D eigenvalue weighted by atomic mass is 9.86. The van der Waals surface area contributed by atoms with Gasteiger partial charge in [-0.1, -0.05) is 103 Å². The van der Waals surface area contributed by atoms with Crippen molar-refractivity contribution in [3.8, 4) is 12.3 Å². The summed E-state index contributed by atoms with van der Waals surface area (Å²) < 4.78 is 0. The van der Waals surface area contributed by atoms with Crippen LogP contribution in [0.5, 0.6) is 0 Å². The fourth-order valence-electron chi connectivity index (χ4n) is 2.75.